The number of rotatable bonds is 4. The van der Waals surface area contributed by atoms with Crippen molar-refractivity contribution in [2.24, 2.45) is 0 Å². The normalized spacial score (nSPS) is 17.7. The zero-order valence-electron chi connectivity index (χ0n) is 11.2. The lowest BCUT2D eigenvalue weighted by atomic mass is 10.1. The van der Waals surface area contributed by atoms with Crippen LogP contribution in [0.5, 0.6) is 0 Å². The second kappa shape index (κ2) is 5.35. The number of amides is 1. The van der Waals surface area contributed by atoms with Gasteiger partial charge in [-0.25, -0.2) is 0 Å². The van der Waals surface area contributed by atoms with Crippen molar-refractivity contribution in [1.29, 1.82) is 0 Å². The average Bonchev–Trinajstić information content (AvgIpc) is 2.90. The van der Waals surface area contributed by atoms with Crippen LogP contribution in [0.3, 0.4) is 0 Å². The van der Waals surface area contributed by atoms with E-state index in [0.29, 0.717) is 23.7 Å². The summed E-state index contributed by atoms with van der Waals surface area (Å²) >= 11 is 0. The lowest BCUT2D eigenvalue weighted by Gasteiger charge is -2.14. The number of anilines is 1. The van der Waals surface area contributed by atoms with Crippen LogP contribution in [0.25, 0.3) is 10.8 Å². The number of nitro benzene ring substituents is 1. The molecule has 1 aromatic heterocycles. The van der Waals surface area contributed by atoms with Crippen LogP contribution in [0, 0.1) is 10.1 Å². The monoisotopic (exact) mass is 286 g/mol. The van der Waals surface area contributed by atoms with Gasteiger partial charge in [0.15, 0.2) is 0 Å². The molecule has 21 heavy (non-hydrogen) atoms. The van der Waals surface area contributed by atoms with E-state index in [4.69, 9.17) is 0 Å². The maximum absolute atomic E-state index is 11.2. The predicted molar refractivity (Wildman–Crippen MR) is 78.1 cm³/mol. The van der Waals surface area contributed by atoms with Crippen LogP contribution < -0.4 is 10.6 Å². The summed E-state index contributed by atoms with van der Waals surface area (Å²) in [7, 11) is 0. The van der Waals surface area contributed by atoms with E-state index < -0.39 is 4.92 Å². The molecule has 1 aliphatic heterocycles. The lowest BCUT2D eigenvalue weighted by molar-refractivity contribution is -0.383. The van der Waals surface area contributed by atoms with Crippen molar-refractivity contribution in [3.63, 3.8) is 0 Å². The van der Waals surface area contributed by atoms with E-state index in [2.05, 4.69) is 15.6 Å². The molecule has 108 valence electrons. The predicted octanol–water partition coefficient (Wildman–Crippen LogP) is 1.83. The standard InChI is InChI=1S/C14H14N4O3/c19-14-4-1-9(17-14)7-16-12-2-3-13(18(20)21)10-5-6-15-8-11(10)12/h2-3,5-6,8-9,16H,1,4,7H2,(H,17,19). The first-order chi connectivity index (χ1) is 10.1. The van der Waals surface area contributed by atoms with E-state index in [1.165, 1.54) is 12.3 Å². The number of pyridine rings is 1. The SMILES string of the molecule is O=C1CCC(CNc2ccc([N+](=O)[O-])c3ccncc23)N1. The van der Waals surface area contributed by atoms with Gasteiger partial charge in [-0.05, 0) is 18.6 Å². The van der Waals surface area contributed by atoms with Gasteiger partial charge >= 0.3 is 0 Å². The molecule has 0 spiro atoms. The highest BCUT2D eigenvalue weighted by atomic mass is 16.6. The fraction of sp³-hybridized carbons (Fsp3) is 0.286. The molecule has 1 saturated heterocycles. The molecule has 1 atom stereocenters. The number of nitrogens with zero attached hydrogens (tertiary/aromatic N) is 2. The fourth-order valence-corrected chi connectivity index (χ4v) is 2.55. The van der Waals surface area contributed by atoms with Crippen LogP contribution in [0.2, 0.25) is 0 Å². The Hall–Kier alpha value is -2.70. The van der Waals surface area contributed by atoms with Gasteiger partial charge in [0.05, 0.1) is 10.3 Å². The van der Waals surface area contributed by atoms with Crippen molar-refractivity contribution < 1.29 is 9.72 Å². The molecular formula is C14H14N4O3. The van der Waals surface area contributed by atoms with Gasteiger partial charge in [-0.1, -0.05) is 0 Å². The van der Waals surface area contributed by atoms with Gasteiger partial charge in [-0.2, -0.15) is 0 Å². The molecular weight excluding hydrogens is 272 g/mol. The van der Waals surface area contributed by atoms with Crippen molar-refractivity contribution in [3.05, 3.63) is 40.7 Å². The Morgan fingerprint density at radius 2 is 2.24 bits per heavy atom. The highest BCUT2D eigenvalue weighted by Crippen LogP contribution is 2.30. The summed E-state index contributed by atoms with van der Waals surface area (Å²) in [6, 6.07) is 4.90. The molecule has 0 aliphatic carbocycles. The minimum atomic E-state index is -0.399. The summed E-state index contributed by atoms with van der Waals surface area (Å²) in [6.07, 6.45) is 4.50. The van der Waals surface area contributed by atoms with Crippen molar-refractivity contribution >= 4 is 28.1 Å². The third-order valence-corrected chi connectivity index (χ3v) is 3.62. The molecule has 0 bridgehead atoms. The van der Waals surface area contributed by atoms with Gasteiger partial charge in [-0.3, -0.25) is 19.9 Å². The summed E-state index contributed by atoms with van der Waals surface area (Å²) in [5.74, 6) is 0.0667. The Bertz CT molecular complexity index is 716. The molecule has 2 N–H and O–H groups in total. The largest absolute Gasteiger partial charge is 0.382 e. The third-order valence-electron chi connectivity index (χ3n) is 3.62. The number of carbonyl (C=O) groups is 1. The maximum atomic E-state index is 11.2. The molecule has 3 rings (SSSR count). The molecule has 2 heterocycles. The van der Waals surface area contributed by atoms with Crippen LogP contribution in [-0.4, -0.2) is 28.4 Å². The zero-order chi connectivity index (χ0) is 14.8. The van der Waals surface area contributed by atoms with E-state index >= 15 is 0 Å². The molecule has 0 radical (unpaired) electrons. The first-order valence-electron chi connectivity index (χ1n) is 6.69. The average molecular weight is 286 g/mol. The zero-order valence-corrected chi connectivity index (χ0v) is 11.2. The van der Waals surface area contributed by atoms with Crippen molar-refractivity contribution in [2.45, 2.75) is 18.9 Å². The second-order valence-corrected chi connectivity index (χ2v) is 4.99. The molecule has 1 fully saturated rings. The number of aromatic nitrogens is 1. The Morgan fingerprint density at radius 3 is 2.95 bits per heavy atom. The number of benzene rings is 1. The van der Waals surface area contributed by atoms with E-state index in [1.54, 1.807) is 18.3 Å². The van der Waals surface area contributed by atoms with Gasteiger partial charge in [0.1, 0.15) is 0 Å². The second-order valence-electron chi connectivity index (χ2n) is 4.99. The molecule has 1 aliphatic rings. The van der Waals surface area contributed by atoms with E-state index in [9.17, 15) is 14.9 Å². The van der Waals surface area contributed by atoms with E-state index in [1.807, 2.05) is 0 Å². The fourth-order valence-electron chi connectivity index (χ4n) is 2.55. The Balaban J connectivity index is 1.87. The number of non-ortho nitro benzene ring substituents is 1. The van der Waals surface area contributed by atoms with Crippen LogP contribution in [0.4, 0.5) is 11.4 Å². The number of nitro groups is 1. The van der Waals surface area contributed by atoms with Gasteiger partial charge < -0.3 is 10.6 Å². The molecule has 1 aromatic carbocycles. The summed E-state index contributed by atoms with van der Waals surface area (Å²) in [4.78, 5) is 25.9. The Morgan fingerprint density at radius 1 is 1.38 bits per heavy atom. The minimum absolute atomic E-state index is 0.0621. The first kappa shape index (κ1) is 13.3. The smallest absolute Gasteiger partial charge is 0.277 e. The number of hydrogen-bond acceptors (Lipinski definition) is 5. The topological polar surface area (TPSA) is 97.2 Å². The van der Waals surface area contributed by atoms with E-state index in [0.717, 1.165) is 12.1 Å². The minimum Gasteiger partial charge on any atom is -0.382 e. The van der Waals surface area contributed by atoms with Crippen molar-refractivity contribution in [1.82, 2.24) is 10.3 Å². The van der Waals surface area contributed by atoms with Crippen molar-refractivity contribution in [2.75, 3.05) is 11.9 Å². The van der Waals surface area contributed by atoms with Crippen LogP contribution in [0.1, 0.15) is 12.8 Å². The van der Waals surface area contributed by atoms with Crippen molar-refractivity contribution in [3.8, 4) is 0 Å². The molecule has 1 unspecified atom stereocenters. The van der Waals surface area contributed by atoms with E-state index in [-0.39, 0.29) is 17.6 Å². The van der Waals surface area contributed by atoms with Gasteiger partial charge in [0.2, 0.25) is 5.91 Å². The molecule has 7 nitrogen and oxygen atoms in total. The van der Waals surface area contributed by atoms with Gasteiger partial charge in [-0.15, -0.1) is 0 Å². The molecule has 7 heteroatoms. The number of carbonyl (C=O) groups excluding carboxylic acids is 1. The van der Waals surface area contributed by atoms with Crippen LogP contribution in [-0.2, 0) is 4.79 Å². The highest BCUT2D eigenvalue weighted by Gasteiger charge is 2.21. The number of hydrogen-bond donors (Lipinski definition) is 2. The van der Waals surface area contributed by atoms with Gasteiger partial charge in [0, 0.05) is 48.5 Å². The van der Waals surface area contributed by atoms with Crippen LogP contribution in [0.15, 0.2) is 30.6 Å². The van der Waals surface area contributed by atoms with Crippen LogP contribution >= 0.6 is 0 Å². The molecule has 2 aromatic rings. The van der Waals surface area contributed by atoms with Gasteiger partial charge in [0.25, 0.3) is 5.69 Å². The molecule has 1 amide bonds. The highest BCUT2D eigenvalue weighted by molar-refractivity contribution is 5.99. The number of fused-ring (bicyclic) bond motifs is 1. The summed E-state index contributed by atoms with van der Waals surface area (Å²) in [5.41, 5.74) is 0.844. The summed E-state index contributed by atoms with van der Waals surface area (Å²) in [5, 5.41) is 18.4. The summed E-state index contributed by atoms with van der Waals surface area (Å²) < 4.78 is 0. The lowest BCUT2D eigenvalue weighted by Crippen LogP contribution is -2.31. The maximum Gasteiger partial charge on any atom is 0.277 e. The molecule has 0 saturated carbocycles. The third kappa shape index (κ3) is 2.62. The Labute approximate surface area is 120 Å². The summed E-state index contributed by atoms with van der Waals surface area (Å²) in [6.45, 7) is 0.591. The quantitative estimate of drug-likeness (QED) is 0.660. The first-order valence-corrected chi connectivity index (χ1v) is 6.69. The number of nitrogens with one attached hydrogen (secondary N) is 2. The Kier molecular flexibility index (Phi) is 3.39.